The van der Waals surface area contributed by atoms with Gasteiger partial charge in [0.25, 0.3) is 0 Å². The third kappa shape index (κ3) is 37.1. The number of rotatable bonds is 43. The van der Waals surface area contributed by atoms with Gasteiger partial charge in [-0.2, -0.15) is 0 Å². The molecule has 0 radical (unpaired) electrons. The maximum atomic E-state index is 13.9. The molecule has 0 aliphatic rings. The molecule has 0 aromatic carbocycles. The Kier molecular flexibility index (Phi) is 40.3. The number of carbonyl (C=O) groups is 3. The first-order chi connectivity index (χ1) is 26.0. The van der Waals surface area contributed by atoms with Crippen LogP contribution in [-0.4, -0.2) is 46.9 Å². The van der Waals surface area contributed by atoms with Crippen LogP contribution in [0, 0.1) is 0 Å². The molecule has 0 fully saturated rings. The monoisotopic (exact) mass is 749 g/mol. The van der Waals surface area contributed by atoms with Gasteiger partial charge >= 0.3 is 5.97 Å². The predicted octanol–water partition coefficient (Wildman–Crippen LogP) is 14.3. The number of nitrogens with zero attached hydrogens (tertiary/aromatic N) is 1. The smallest absolute Gasteiger partial charge is 0.303 e. The van der Waals surface area contributed by atoms with Gasteiger partial charge in [-0.3, -0.25) is 14.4 Å². The minimum absolute atomic E-state index is 0.0806. The predicted molar refractivity (Wildman–Crippen MR) is 229 cm³/mol. The summed E-state index contributed by atoms with van der Waals surface area (Å²) in [6.45, 7) is 8.19. The molecule has 2 N–H and O–H groups in total. The third-order valence-electron chi connectivity index (χ3n) is 11.2. The standard InChI is InChI=1S/C47H92N2O4/c1-4-7-10-13-16-19-22-23-24-25-26-27-30-33-36-39-45(50)48-44(40-41-46(51)52)47(53)49(42-37-34-31-28-20-17-14-11-8-5-2)43-38-35-32-29-21-18-15-12-9-6-3/h44H,4-43H2,1-3H3,(H,48,50)(H,51,52)/t44-/m0/s1. The zero-order valence-electron chi connectivity index (χ0n) is 36.0. The van der Waals surface area contributed by atoms with E-state index in [2.05, 4.69) is 26.1 Å². The van der Waals surface area contributed by atoms with Gasteiger partial charge in [0.15, 0.2) is 0 Å². The number of unbranched alkanes of at least 4 members (excludes halogenated alkanes) is 32. The molecule has 0 aliphatic heterocycles. The van der Waals surface area contributed by atoms with Crippen molar-refractivity contribution < 1.29 is 19.5 Å². The number of hydrogen-bond acceptors (Lipinski definition) is 3. The summed E-state index contributed by atoms with van der Waals surface area (Å²) < 4.78 is 0. The second-order valence-electron chi connectivity index (χ2n) is 16.4. The van der Waals surface area contributed by atoms with E-state index in [0.717, 1.165) is 44.9 Å². The number of hydrogen-bond donors (Lipinski definition) is 2. The van der Waals surface area contributed by atoms with E-state index >= 15 is 0 Å². The molecule has 6 heteroatoms. The van der Waals surface area contributed by atoms with Crippen molar-refractivity contribution >= 4 is 17.8 Å². The average molecular weight is 749 g/mol. The molecule has 1 atom stereocenters. The first-order valence-electron chi connectivity index (χ1n) is 23.8. The van der Waals surface area contributed by atoms with E-state index in [1.807, 2.05) is 4.90 Å². The molecule has 0 saturated heterocycles. The van der Waals surface area contributed by atoms with Gasteiger partial charge in [-0.15, -0.1) is 0 Å². The first-order valence-corrected chi connectivity index (χ1v) is 23.8. The van der Waals surface area contributed by atoms with E-state index in [0.29, 0.717) is 19.5 Å². The van der Waals surface area contributed by atoms with Crippen LogP contribution < -0.4 is 5.32 Å². The summed E-state index contributed by atoms with van der Waals surface area (Å²) in [7, 11) is 0. The zero-order valence-corrected chi connectivity index (χ0v) is 36.0. The molecular weight excluding hydrogens is 657 g/mol. The molecule has 53 heavy (non-hydrogen) atoms. The Bertz CT molecular complexity index is 779. The molecule has 0 aromatic rings. The quantitative estimate of drug-likeness (QED) is 0.0608. The van der Waals surface area contributed by atoms with E-state index in [9.17, 15) is 19.5 Å². The Hall–Kier alpha value is -1.59. The second-order valence-corrected chi connectivity index (χ2v) is 16.4. The number of amides is 2. The summed E-state index contributed by atoms with van der Waals surface area (Å²) in [5.41, 5.74) is 0. The highest BCUT2D eigenvalue weighted by Crippen LogP contribution is 2.16. The van der Waals surface area contributed by atoms with Crippen molar-refractivity contribution in [2.24, 2.45) is 0 Å². The highest BCUT2D eigenvalue weighted by molar-refractivity contribution is 5.88. The Morgan fingerprint density at radius 3 is 1.00 bits per heavy atom. The third-order valence-corrected chi connectivity index (χ3v) is 11.2. The van der Waals surface area contributed by atoms with Crippen molar-refractivity contribution in [2.75, 3.05) is 13.1 Å². The Morgan fingerprint density at radius 1 is 0.415 bits per heavy atom. The second kappa shape index (κ2) is 41.6. The summed E-state index contributed by atoms with van der Waals surface area (Å²) in [5.74, 6) is -1.11. The van der Waals surface area contributed by atoms with Gasteiger partial charge in [-0.25, -0.2) is 0 Å². The Morgan fingerprint density at radius 2 is 0.698 bits per heavy atom. The van der Waals surface area contributed by atoms with Crippen molar-refractivity contribution in [1.82, 2.24) is 10.2 Å². The van der Waals surface area contributed by atoms with E-state index < -0.39 is 12.0 Å². The molecule has 0 aromatic heterocycles. The van der Waals surface area contributed by atoms with Crippen LogP contribution in [0.2, 0.25) is 0 Å². The lowest BCUT2D eigenvalue weighted by atomic mass is 10.0. The maximum Gasteiger partial charge on any atom is 0.303 e. The summed E-state index contributed by atoms with van der Waals surface area (Å²) in [5, 5.41) is 12.4. The fourth-order valence-electron chi connectivity index (χ4n) is 7.58. The van der Waals surface area contributed by atoms with Crippen LogP contribution in [0.1, 0.15) is 265 Å². The van der Waals surface area contributed by atoms with E-state index in [-0.39, 0.29) is 24.7 Å². The number of carbonyl (C=O) groups excluding carboxylic acids is 2. The lowest BCUT2D eigenvalue weighted by Gasteiger charge is -2.28. The van der Waals surface area contributed by atoms with Crippen molar-refractivity contribution in [3.63, 3.8) is 0 Å². The van der Waals surface area contributed by atoms with E-state index in [1.54, 1.807) is 0 Å². The summed E-state index contributed by atoms with van der Waals surface area (Å²) in [6, 6.07) is -0.749. The first kappa shape index (κ1) is 51.4. The van der Waals surface area contributed by atoms with Gasteiger partial charge in [0.1, 0.15) is 6.04 Å². The van der Waals surface area contributed by atoms with Gasteiger partial charge in [0.2, 0.25) is 11.8 Å². The zero-order chi connectivity index (χ0) is 38.9. The fourth-order valence-corrected chi connectivity index (χ4v) is 7.58. The fraction of sp³-hybridized carbons (Fsp3) is 0.936. The van der Waals surface area contributed by atoms with Gasteiger partial charge in [0.05, 0.1) is 0 Å². The van der Waals surface area contributed by atoms with Gasteiger partial charge in [-0.1, -0.05) is 226 Å². The van der Waals surface area contributed by atoms with E-state index in [1.165, 1.54) is 180 Å². The van der Waals surface area contributed by atoms with Crippen LogP contribution in [-0.2, 0) is 14.4 Å². The van der Waals surface area contributed by atoms with Crippen molar-refractivity contribution in [3.8, 4) is 0 Å². The van der Waals surface area contributed by atoms with E-state index in [4.69, 9.17) is 0 Å². The van der Waals surface area contributed by atoms with Crippen LogP contribution in [0.3, 0.4) is 0 Å². The molecule has 0 rings (SSSR count). The van der Waals surface area contributed by atoms with Crippen molar-refractivity contribution in [1.29, 1.82) is 0 Å². The molecule has 0 aliphatic carbocycles. The molecule has 2 amide bonds. The molecule has 0 bridgehead atoms. The molecule has 6 nitrogen and oxygen atoms in total. The van der Waals surface area contributed by atoms with Crippen LogP contribution >= 0.6 is 0 Å². The summed E-state index contributed by atoms with van der Waals surface area (Å²) in [4.78, 5) is 40.4. The van der Waals surface area contributed by atoms with Crippen molar-refractivity contribution in [2.45, 2.75) is 271 Å². The number of nitrogens with one attached hydrogen (secondary N) is 1. The normalized spacial score (nSPS) is 11.9. The lowest BCUT2D eigenvalue weighted by Crippen LogP contribution is -2.49. The van der Waals surface area contributed by atoms with Crippen LogP contribution in [0.4, 0.5) is 0 Å². The minimum Gasteiger partial charge on any atom is -0.481 e. The summed E-state index contributed by atoms with van der Waals surface area (Å²) in [6.07, 6.45) is 44.7. The topological polar surface area (TPSA) is 86.7 Å². The van der Waals surface area contributed by atoms with Crippen LogP contribution in [0.25, 0.3) is 0 Å². The van der Waals surface area contributed by atoms with Gasteiger partial charge < -0.3 is 15.3 Å². The summed E-state index contributed by atoms with van der Waals surface area (Å²) >= 11 is 0. The van der Waals surface area contributed by atoms with Gasteiger partial charge in [0, 0.05) is 25.9 Å². The Balaban J connectivity index is 4.67. The molecular formula is C47H92N2O4. The minimum atomic E-state index is -0.921. The van der Waals surface area contributed by atoms with Gasteiger partial charge in [-0.05, 0) is 25.7 Å². The molecule has 0 heterocycles. The SMILES string of the molecule is CCCCCCCCCCCCCCCCCC(=O)N[C@@H](CCC(=O)O)C(=O)N(CCCCCCCCCCCC)CCCCCCCCCCCC. The Labute approximate surface area is 330 Å². The molecule has 0 saturated carbocycles. The number of carboxylic acids is 1. The molecule has 314 valence electrons. The van der Waals surface area contributed by atoms with Crippen molar-refractivity contribution in [3.05, 3.63) is 0 Å². The highest BCUT2D eigenvalue weighted by Gasteiger charge is 2.26. The number of carboxylic acid groups (broad SMARTS) is 1. The molecule has 0 spiro atoms. The maximum absolute atomic E-state index is 13.9. The lowest BCUT2D eigenvalue weighted by molar-refractivity contribution is -0.139. The largest absolute Gasteiger partial charge is 0.481 e. The van der Waals surface area contributed by atoms with Crippen LogP contribution in [0.5, 0.6) is 0 Å². The molecule has 0 unspecified atom stereocenters. The highest BCUT2D eigenvalue weighted by atomic mass is 16.4. The number of aliphatic carboxylic acids is 1. The average Bonchev–Trinajstić information content (AvgIpc) is 3.15. The van der Waals surface area contributed by atoms with Crippen LogP contribution in [0.15, 0.2) is 0 Å².